The van der Waals surface area contributed by atoms with Crippen molar-refractivity contribution >= 4 is 29.1 Å². The highest BCUT2D eigenvalue weighted by Gasteiger charge is 2.48. The van der Waals surface area contributed by atoms with E-state index in [1.54, 1.807) is 24.3 Å². The smallest absolute Gasteiger partial charge is 0.255 e. The molecule has 0 saturated heterocycles. The molecule has 2 amide bonds. The average molecular weight is 383 g/mol. The number of rotatable bonds is 5. The molecule has 0 heterocycles. The minimum absolute atomic E-state index is 0.152. The van der Waals surface area contributed by atoms with E-state index >= 15 is 0 Å². The summed E-state index contributed by atoms with van der Waals surface area (Å²) in [6.07, 6.45) is 3.92. The Hall–Kier alpha value is -2.33. The molecule has 0 bridgehead atoms. The molecule has 2 atom stereocenters. The van der Waals surface area contributed by atoms with E-state index in [0.29, 0.717) is 28.2 Å². The van der Waals surface area contributed by atoms with Gasteiger partial charge >= 0.3 is 0 Å². The first-order valence-electron chi connectivity index (χ1n) is 9.46. The number of carbonyl (C=O) groups excluding carboxylic acids is 2. The van der Waals surface area contributed by atoms with E-state index in [0.717, 1.165) is 31.2 Å². The van der Waals surface area contributed by atoms with Crippen LogP contribution in [0.15, 0.2) is 48.5 Å². The van der Waals surface area contributed by atoms with Gasteiger partial charge in [0, 0.05) is 22.3 Å². The van der Waals surface area contributed by atoms with Gasteiger partial charge in [-0.3, -0.25) is 9.59 Å². The van der Waals surface area contributed by atoms with Crippen LogP contribution in [0.1, 0.15) is 48.5 Å². The highest BCUT2D eigenvalue weighted by Crippen LogP contribution is 2.45. The van der Waals surface area contributed by atoms with E-state index < -0.39 is 5.41 Å². The third-order valence-corrected chi connectivity index (χ3v) is 6.08. The van der Waals surface area contributed by atoms with Crippen molar-refractivity contribution in [2.24, 2.45) is 5.92 Å². The maximum atomic E-state index is 12.8. The van der Waals surface area contributed by atoms with Gasteiger partial charge in [0.2, 0.25) is 5.91 Å². The van der Waals surface area contributed by atoms with Gasteiger partial charge in [0.15, 0.2) is 0 Å². The number of halogens is 1. The third kappa shape index (κ3) is 3.59. The van der Waals surface area contributed by atoms with Crippen molar-refractivity contribution in [3.8, 4) is 0 Å². The predicted molar refractivity (Wildman–Crippen MR) is 107 cm³/mol. The van der Waals surface area contributed by atoms with Gasteiger partial charge in [-0.2, -0.15) is 0 Å². The zero-order chi connectivity index (χ0) is 19.0. The fourth-order valence-electron chi connectivity index (χ4n) is 3.71. The van der Waals surface area contributed by atoms with Gasteiger partial charge < -0.3 is 10.6 Å². The van der Waals surface area contributed by atoms with Crippen LogP contribution in [-0.2, 0) is 10.2 Å². The third-order valence-electron chi connectivity index (χ3n) is 5.85. The van der Waals surface area contributed by atoms with Crippen LogP contribution < -0.4 is 10.6 Å². The van der Waals surface area contributed by atoms with E-state index in [1.807, 2.05) is 24.3 Å². The van der Waals surface area contributed by atoms with Crippen LogP contribution in [0.3, 0.4) is 0 Å². The van der Waals surface area contributed by atoms with E-state index in [4.69, 9.17) is 11.6 Å². The summed E-state index contributed by atoms with van der Waals surface area (Å²) in [5.41, 5.74) is 1.84. The minimum Gasteiger partial charge on any atom is -0.352 e. The summed E-state index contributed by atoms with van der Waals surface area (Å²) in [7, 11) is 0. The largest absolute Gasteiger partial charge is 0.352 e. The van der Waals surface area contributed by atoms with Crippen molar-refractivity contribution in [1.29, 1.82) is 0 Å². The van der Waals surface area contributed by atoms with Crippen molar-refractivity contribution in [2.75, 3.05) is 5.32 Å². The van der Waals surface area contributed by atoms with Crippen LogP contribution in [0.2, 0.25) is 5.02 Å². The van der Waals surface area contributed by atoms with Crippen LogP contribution >= 0.6 is 11.6 Å². The first-order chi connectivity index (χ1) is 13.0. The van der Waals surface area contributed by atoms with Crippen LogP contribution in [0.25, 0.3) is 0 Å². The topological polar surface area (TPSA) is 58.2 Å². The van der Waals surface area contributed by atoms with Gasteiger partial charge in [0.25, 0.3) is 5.91 Å². The van der Waals surface area contributed by atoms with Crippen LogP contribution in [0, 0.1) is 5.92 Å². The molecule has 2 aliphatic rings. The van der Waals surface area contributed by atoms with Crippen molar-refractivity contribution in [2.45, 2.75) is 44.1 Å². The van der Waals surface area contributed by atoms with Crippen LogP contribution in [-0.4, -0.2) is 17.9 Å². The molecule has 4 nitrogen and oxygen atoms in total. The summed E-state index contributed by atoms with van der Waals surface area (Å²) in [6.45, 7) is 2.16. The molecule has 0 radical (unpaired) electrons. The normalized spacial score (nSPS) is 22.4. The van der Waals surface area contributed by atoms with Gasteiger partial charge in [-0.05, 0) is 61.1 Å². The average Bonchev–Trinajstić information content (AvgIpc) is 3.30. The maximum Gasteiger partial charge on any atom is 0.255 e. The molecular weight excluding hydrogens is 360 g/mol. The quantitative estimate of drug-likeness (QED) is 0.797. The summed E-state index contributed by atoms with van der Waals surface area (Å²) in [6, 6.07) is 14.8. The van der Waals surface area contributed by atoms with E-state index in [9.17, 15) is 9.59 Å². The second-order valence-corrected chi connectivity index (χ2v) is 8.21. The Kier molecular flexibility index (Phi) is 4.68. The summed E-state index contributed by atoms with van der Waals surface area (Å²) in [4.78, 5) is 25.2. The van der Waals surface area contributed by atoms with Crippen molar-refractivity contribution < 1.29 is 9.59 Å². The van der Waals surface area contributed by atoms with Crippen molar-refractivity contribution in [3.05, 3.63) is 64.7 Å². The van der Waals surface area contributed by atoms with Gasteiger partial charge in [0.05, 0.1) is 5.41 Å². The van der Waals surface area contributed by atoms with E-state index in [2.05, 4.69) is 17.6 Å². The predicted octanol–water partition coefficient (Wildman–Crippen LogP) is 4.54. The molecule has 2 aromatic carbocycles. The summed E-state index contributed by atoms with van der Waals surface area (Å²) in [5, 5.41) is 6.61. The Balaban J connectivity index is 1.46. The molecule has 5 heteroatoms. The zero-order valence-electron chi connectivity index (χ0n) is 15.3. The fraction of sp³-hybridized carbons (Fsp3) is 0.364. The Morgan fingerprint density at radius 2 is 1.81 bits per heavy atom. The maximum absolute atomic E-state index is 12.8. The fourth-order valence-corrected chi connectivity index (χ4v) is 3.90. The summed E-state index contributed by atoms with van der Waals surface area (Å²) >= 11 is 5.95. The molecule has 2 fully saturated rings. The van der Waals surface area contributed by atoms with E-state index in [1.165, 1.54) is 0 Å². The number of carbonyl (C=O) groups is 2. The van der Waals surface area contributed by atoms with E-state index in [-0.39, 0.29) is 11.8 Å². The lowest BCUT2D eigenvalue weighted by Gasteiger charge is -2.41. The second-order valence-electron chi connectivity index (χ2n) is 7.77. The first-order valence-corrected chi connectivity index (χ1v) is 9.84. The molecule has 0 aliphatic heterocycles. The molecule has 0 spiro atoms. The van der Waals surface area contributed by atoms with Crippen molar-refractivity contribution in [1.82, 2.24) is 5.32 Å². The lowest BCUT2D eigenvalue weighted by molar-refractivity contribution is -0.130. The Morgan fingerprint density at radius 3 is 2.37 bits per heavy atom. The van der Waals surface area contributed by atoms with Crippen LogP contribution in [0.5, 0.6) is 0 Å². The minimum atomic E-state index is -0.405. The summed E-state index contributed by atoms with van der Waals surface area (Å²) < 4.78 is 0. The number of hydrogen-bond acceptors (Lipinski definition) is 2. The first kappa shape index (κ1) is 18.1. The number of hydrogen-bond donors (Lipinski definition) is 2. The molecule has 0 aromatic heterocycles. The van der Waals surface area contributed by atoms with Crippen LogP contribution in [0.4, 0.5) is 5.69 Å². The number of benzene rings is 2. The zero-order valence-corrected chi connectivity index (χ0v) is 16.1. The van der Waals surface area contributed by atoms with Gasteiger partial charge in [-0.25, -0.2) is 0 Å². The molecule has 2 N–H and O–H groups in total. The highest BCUT2D eigenvalue weighted by molar-refractivity contribution is 6.31. The molecule has 4 rings (SSSR count). The molecule has 2 saturated carbocycles. The Morgan fingerprint density at radius 1 is 1.11 bits per heavy atom. The van der Waals surface area contributed by atoms with Gasteiger partial charge in [0.1, 0.15) is 0 Å². The number of amides is 2. The second kappa shape index (κ2) is 7.01. The van der Waals surface area contributed by atoms with Crippen molar-refractivity contribution in [3.63, 3.8) is 0 Å². The molecule has 2 aromatic rings. The SMILES string of the molecule is CC1CC1NC(=O)C1(c2ccc(NC(=O)c3cccc(Cl)c3)cc2)CCC1. The monoisotopic (exact) mass is 382 g/mol. The lowest BCUT2D eigenvalue weighted by atomic mass is 9.63. The molecular formula is C22H23ClN2O2. The summed E-state index contributed by atoms with van der Waals surface area (Å²) in [5.74, 6) is 0.540. The number of nitrogens with one attached hydrogen (secondary N) is 2. The molecule has 140 valence electrons. The Labute approximate surface area is 164 Å². The Bertz CT molecular complexity index is 874. The molecule has 2 aliphatic carbocycles. The number of anilines is 1. The van der Waals surface area contributed by atoms with Gasteiger partial charge in [-0.1, -0.05) is 43.1 Å². The molecule has 27 heavy (non-hydrogen) atoms. The van der Waals surface area contributed by atoms with Gasteiger partial charge in [-0.15, -0.1) is 0 Å². The standard InChI is InChI=1S/C22H23ClN2O2/c1-14-12-19(14)25-21(27)22(10-3-11-22)16-6-8-18(9-7-16)24-20(26)15-4-2-5-17(23)13-15/h2,4-9,13-14,19H,3,10-12H2,1H3,(H,24,26)(H,25,27). The molecule has 2 unspecified atom stereocenters. The lowest BCUT2D eigenvalue weighted by Crippen LogP contribution is -2.50. The highest BCUT2D eigenvalue weighted by atomic mass is 35.5.